The third-order valence-electron chi connectivity index (χ3n) is 3.53. The van der Waals surface area contributed by atoms with Crippen LogP contribution in [0.5, 0.6) is 0 Å². The van der Waals surface area contributed by atoms with E-state index in [-0.39, 0.29) is 0 Å². The fourth-order valence-electron chi connectivity index (χ4n) is 2.54. The van der Waals surface area contributed by atoms with Crippen molar-refractivity contribution < 1.29 is 8.78 Å². The molecule has 0 aromatic heterocycles. The highest BCUT2D eigenvalue weighted by atomic mass is 32.2. The number of nitrogens with one attached hydrogen (secondary N) is 1. The second-order valence-electron chi connectivity index (χ2n) is 5.08. The molecule has 0 aliphatic heterocycles. The Hall–Kier alpha value is -0.610. The summed E-state index contributed by atoms with van der Waals surface area (Å²) in [7, 11) is 0. The molecule has 2 unspecified atom stereocenters. The summed E-state index contributed by atoms with van der Waals surface area (Å²) in [6, 6.07) is 4.31. The highest BCUT2D eigenvalue weighted by Crippen LogP contribution is 2.35. The molecule has 1 saturated carbocycles. The molecule has 1 aromatic carbocycles. The van der Waals surface area contributed by atoms with Crippen LogP contribution in [0.4, 0.5) is 8.78 Å². The fourth-order valence-corrected chi connectivity index (χ4v) is 3.86. The summed E-state index contributed by atoms with van der Waals surface area (Å²) in [4.78, 5) is 0.566. The van der Waals surface area contributed by atoms with Gasteiger partial charge in [-0.2, -0.15) is 0 Å². The Balaban J connectivity index is 2.02. The van der Waals surface area contributed by atoms with Crippen molar-refractivity contribution in [2.45, 2.75) is 55.2 Å². The summed E-state index contributed by atoms with van der Waals surface area (Å²) in [5.74, 6) is -0.948. The Morgan fingerprint density at radius 3 is 2.79 bits per heavy atom. The van der Waals surface area contributed by atoms with E-state index in [9.17, 15) is 8.78 Å². The van der Waals surface area contributed by atoms with Gasteiger partial charge in [-0.3, -0.25) is 0 Å². The molecular formula is C15H21F2NS. The van der Waals surface area contributed by atoms with Gasteiger partial charge < -0.3 is 5.32 Å². The van der Waals surface area contributed by atoms with Crippen LogP contribution in [0.1, 0.15) is 39.0 Å². The molecule has 1 aliphatic rings. The second-order valence-corrected chi connectivity index (χ2v) is 6.36. The number of hydrogen-bond acceptors (Lipinski definition) is 2. The molecule has 0 spiro atoms. The fraction of sp³-hybridized carbons (Fsp3) is 0.600. The van der Waals surface area contributed by atoms with Gasteiger partial charge in [-0.05, 0) is 37.9 Å². The number of benzene rings is 1. The summed E-state index contributed by atoms with van der Waals surface area (Å²) in [6.07, 6.45) is 5.80. The first kappa shape index (κ1) is 14.8. The zero-order chi connectivity index (χ0) is 13.7. The molecule has 0 heterocycles. The van der Waals surface area contributed by atoms with E-state index in [1.165, 1.54) is 18.9 Å². The average molecular weight is 285 g/mol. The Bertz CT molecular complexity index is 411. The minimum absolute atomic E-state index is 0.389. The monoisotopic (exact) mass is 285 g/mol. The van der Waals surface area contributed by atoms with Crippen molar-refractivity contribution in [1.82, 2.24) is 5.32 Å². The molecule has 2 rings (SSSR count). The van der Waals surface area contributed by atoms with E-state index in [1.54, 1.807) is 17.8 Å². The lowest BCUT2D eigenvalue weighted by Crippen LogP contribution is -2.40. The predicted octanol–water partition coefficient (Wildman–Crippen LogP) is 4.37. The van der Waals surface area contributed by atoms with Crippen LogP contribution in [0.25, 0.3) is 0 Å². The number of halogens is 2. The Labute approximate surface area is 118 Å². The van der Waals surface area contributed by atoms with Crippen molar-refractivity contribution in [1.29, 1.82) is 0 Å². The molecule has 19 heavy (non-hydrogen) atoms. The highest BCUT2D eigenvalue weighted by molar-refractivity contribution is 8.00. The van der Waals surface area contributed by atoms with E-state index < -0.39 is 11.6 Å². The van der Waals surface area contributed by atoms with Gasteiger partial charge in [0.1, 0.15) is 11.6 Å². The lowest BCUT2D eigenvalue weighted by Gasteiger charge is -2.32. The summed E-state index contributed by atoms with van der Waals surface area (Å²) in [5.41, 5.74) is 0. The lowest BCUT2D eigenvalue weighted by atomic mass is 9.95. The van der Waals surface area contributed by atoms with Crippen molar-refractivity contribution in [2.24, 2.45) is 0 Å². The Morgan fingerprint density at radius 2 is 2.05 bits per heavy atom. The van der Waals surface area contributed by atoms with Crippen LogP contribution >= 0.6 is 11.8 Å². The third-order valence-corrected chi connectivity index (χ3v) is 4.98. The van der Waals surface area contributed by atoms with Gasteiger partial charge in [-0.15, -0.1) is 11.8 Å². The molecular weight excluding hydrogens is 264 g/mol. The first-order valence-corrected chi connectivity index (χ1v) is 7.93. The molecule has 0 radical (unpaired) electrons. The standard InChI is InChI=1S/C15H21F2NS/c1-2-9-18-13-5-3-4-6-15(13)19-14-8-7-11(16)10-12(14)17/h7-8,10,13,15,18H,2-6,9H2,1H3. The maximum atomic E-state index is 13.7. The molecule has 2 atom stereocenters. The van der Waals surface area contributed by atoms with Gasteiger partial charge in [0, 0.05) is 22.3 Å². The van der Waals surface area contributed by atoms with Gasteiger partial charge in [0.15, 0.2) is 0 Å². The highest BCUT2D eigenvalue weighted by Gasteiger charge is 2.26. The van der Waals surface area contributed by atoms with E-state index in [0.717, 1.165) is 31.9 Å². The molecule has 4 heteroatoms. The van der Waals surface area contributed by atoms with Crippen LogP contribution in [-0.4, -0.2) is 17.8 Å². The summed E-state index contributed by atoms with van der Waals surface area (Å²) >= 11 is 1.55. The molecule has 1 N–H and O–H groups in total. The summed E-state index contributed by atoms with van der Waals surface area (Å²) in [5, 5.41) is 3.94. The Morgan fingerprint density at radius 1 is 1.26 bits per heavy atom. The van der Waals surface area contributed by atoms with Gasteiger partial charge in [0.2, 0.25) is 0 Å². The maximum absolute atomic E-state index is 13.7. The Kier molecular flexibility index (Phi) is 5.64. The van der Waals surface area contributed by atoms with Crippen LogP contribution in [0.15, 0.2) is 23.1 Å². The molecule has 0 bridgehead atoms. The van der Waals surface area contributed by atoms with E-state index in [0.29, 0.717) is 16.2 Å². The quantitative estimate of drug-likeness (QED) is 0.862. The molecule has 1 fully saturated rings. The van der Waals surface area contributed by atoms with Gasteiger partial charge in [-0.25, -0.2) is 8.78 Å². The predicted molar refractivity (Wildman–Crippen MR) is 76.6 cm³/mol. The molecule has 1 aliphatic carbocycles. The van der Waals surface area contributed by atoms with Gasteiger partial charge in [0.25, 0.3) is 0 Å². The normalized spacial score (nSPS) is 23.5. The average Bonchev–Trinajstić information content (AvgIpc) is 2.41. The SMILES string of the molecule is CCCNC1CCCCC1Sc1ccc(F)cc1F. The first-order valence-electron chi connectivity index (χ1n) is 7.05. The van der Waals surface area contributed by atoms with Crippen LogP contribution < -0.4 is 5.32 Å². The van der Waals surface area contributed by atoms with E-state index in [4.69, 9.17) is 0 Å². The zero-order valence-electron chi connectivity index (χ0n) is 11.3. The maximum Gasteiger partial charge on any atom is 0.139 e. The van der Waals surface area contributed by atoms with Crippen LogP contribution in [0.3, 0.4) is 0 Å². The lowest BCUT2D eigenvalue weighted by molar-refractivity contribution is 0.384. The summed E-state index contributed by atoms with van der Waals surface area (Å²) < 4.78 is 26.6. The molecule has 106 valence electrons. The smallest absolute Gasteiger partial charge is 0.139 e. The number of thioether (sulfide) groups is 1. The van der Waals surface area contributed by atoms with E-state index >= 15 is 0 Å². The molecule has 1 nitrogen and oxygen atoms in total. The minimum Gasteiger partial charge on any atom is -0.313 e. The number of hydrogen-bond donors (Lipinski definition) is 1. The molecule has 0 saturated heterocycles. The van der Waals surface area contributed by atoms with Crippen molar-refractivity contribution in [3.8, 4) is 0 Å². The first-order chi connectivity index (χ1) is 9.20. The topological polar surface area (TPSA) is 12.0 Å². The van der Waals surface area contributed by atoms with Crippen molar-refractivity contribution in [3.05, 3.63) is 29.8 Å². The molecule has 0 amide bonds. The van der Waals surface area contributed by atoms with Crippen molar-refractivity contribution >= 4 is 11.8 Å². The van der Waals surface area contributed by atoms with E-state index in [2.05, 4.69) is 12.2 Å². The second kappa shape index (κ2) is 7.25. The van der Waals surface area contributed by atoms with Gasteiger partial charge >= 0.3 is 0 Å². The third kappa shape index (κ3) is 4.18. The summed E-state index contributed by atoms with van der Waals surface area (Å²) in [6.45, 7) is 3.16. The van der Waals surface area contributed by atoms with Crippen molar-refractivity contribution in [3.63, 3.8) is 0 Å². The van der Waals surface area contributed by atoms with Crippen LogP contribution in [-0.2, 0) is 0 Å². The largest absolute Gasteiger partial charge is 0.313 e. The van der Waals surface area contributed by atoms with Gasteiger partial charge in [-0.1, -0.05) is 19.8 Å². The minimum atomic E-state index is -0.508. The van der Waals surface area contributed by atoms with Crippen LogP contribution in [0, 0.1) is 11.6 Å². The zero-order valence-corrected chi connectivity index (χ0v) is 12.1. The number of rotatable bonds is 5. The van der Waals surface area contributed by atoms with E-state index in [1.807, 2.05) is 0 Å². The molecule has 1 aromatic rings. The van der Waals surface area contributed by atoms with Crippen LogP contribution in [0.2, 0.25) is 0 Å². The van der Waals surface area contributed by atoms with Gasteiger partial charge in [0.05, 0.1) is 0 Å². The van der Waals surface area contributed by atoms with Crippen molar-refractivity contribution in [2.75, 3.05) is 6.54 Å².